The van der Waals surface area contributed by atoms with E-state index in [4.69, 9.17) is 9.47 Å². The number of carbonyl (C=O) groups excluding carboxylic acids is 1. The Morgan fingerprint density at radius 2 is 1.45 bits per heavy atom. The van der Waals surface area contributed by atoms with Crippen LogP contribution in [0.5, 0.6) is 23.0 Å². The first-order valence-electron chi connectivity index (χ1n) is 22.4. The van der Waals surface area contributed by atoms with Crippen LogP contribution < -0.4 is 9.47 Å². The van der Waals surface area contributed by atoms with E-state index in [9.17, 15) is 35.1 Å². The molecule has 0 fully saturated rings. The maximum Gasteiger partial charge on any atom is 0.320 e. The Kier molecular flexibility index (Phi) is 14.4. The lowest BCUT2D eigenvalue weighted by molar-refractivity contribution is -0.144. The number of carboxylic acid groups (broad SMARTS) is 1. The van der Waals surface area contributed by atoms with Gasteiger partial charge < -0.3 is 39.9 Å². The number of aromatic hydroxyl groups is 2. The lowest BCUT2D eigenvalue weighted by Crippen LogP contribution is -2.49. The van der Waals surface area contributed by atoms with Gasteiger partial charge >= 0.3 is 5.97 Å². The number of fused-ring (bicyclic) bond motifs is 6. The van der Waals surface area contributed by atoms with Crippen molar-refractivity contribution in [3.8, 4) is 23.0 Å². The average Bonchev–Trinajstić information content (AvgIpc) is 3.75. The zero-order valence-corrected chi connectivity index (χ0v) is 38.1. The van der Waals surface area contributed by atoms with Crippen molar-refractivity contribution in [2.24, 2.45) is 0 Å². The highest BCUT2D eigenvalue weighted by atomic mass is 16.5. The minimum Gasteiger partial charge on any atom is -0.508 e. The van der Waals surface area contributed by atoms with Crippen LogP contribution >= 0.6 is 0 Å². The van der Waals surface area contributed by atoms with Crippen LogP contribution in [0.2, 0.25) is 0 Å². The van der Waals surface area contributed by atoms with Crippen LogP contribution in [0.15, 0.2) is 64.5 Å². The van der Waals surface area contributed by atoms with E-state index in [1.165, 1.54) is 28.4 Å². The highest BCUT2D eigenvalue weighted by Crippen LogP contribution is 2.49. The molecule has 0 unspecified atom stereocenters. The fourth-order valence-corrected chi connectivity index (χ4v) is 9.23. The minimum absolute atomic E-state index is 0.0332. The Morgan fingerprint density at radius 3 is 2.08 bits per heavy atom. The van der Waals surface area contributed by atoms with E-state index in [2.05, 4.69) is 65.8 Å². The molecule has 4 heterocycles. The van der Waals surface area contributed by atoms with E-state index in [1.807, 2.05) is 18.7 Å². The number of phenolic OH excluding ortho intramolecular Hbond substituents is 2. The first-order valence-corrected chi connectivity index (χ1v) is 22.4. The first-order chi connectivity index (χ1) is 29.3. The van der Waals surface area contributed by atoms with Gasteiger partial charge in [0.2, 0.25) is 0 Å². The number of benzene rings is 2. The Bertz CT molecular complexity index is 2210. The molecule has 336 valence electrons. The molecule has 0 spiro atoms. The van der Waals surface area contributed by atoms with E-state index in [1.54, 1.807) is 17.0 Å². The van der Waals surface area contributed by atoms with Crippen LogP contribution in [-0.2, 0) is 30.8 Å². The van der Waals surface area contributed by atoms with Crippen molar-refractivity contribution in [3.05, 3.63) is 97.9 Å². The number of aliphatic hydroxyl groups is 2. The van der Waals surface area contributed by atoms with E-state index in [0.29, 0.717) is 78.9 Å². The summed E-state index contributed by atoms with van der Waals surface area (Å²) in [4.78, 5) is 30.1. The summed E-state index contributed by atoms with van der Waals surface area (Å²) in [6, 6.07) is 2.23. The number of nitrogens with zero attached hydrogens (tertiary/aromatic N) is 2. The number of hydrogen-bond acceptors (Lipinski definition) is 9. The predicted molar refractivity (Wildman–Crippen MR) is 243 cm³/mol. The van der Waals surface area contributed by atoms with Crippen LogP contribution in [0, 0.1) is 0 Å². The number of aliphatic hydroxyl groups excluding tert-OH is 2. The molecule has 6 rings (SSSR count). The van der Waals surface area contributed by atoms with Crippen LogP contribution in [0.1, 0.15) is 158 Å². The zero-order valence-electron chi connectivity index (χ0n) is 38.1. The van der Waals surface area contributed by atoms with Gasteiger partial charge in [-0.3, -0.25) is 14.5 Å². The Morgan fingerprint density at radius 1 is 0.806 bits per heavy atom. The van der Waals surface area contributed by atoms with Crippen LogP contribution in [0.4, 0.5) is 0 Å². The van der Waals surface area contributed by atoms with Gasteiger partial charge in [0.1, 0.15) is 40.4 Å². The maximum atomic E-state index is 13.8. The number of rotatable bonds is 18. The third-order valence-electron chi connectivity index (χ3n) is 13.2. The molecule has 11 heteroatoms. The topological polar surface area (TPSA) is 160 Å². The number of hydrogen-bond donors (Lipinski definition) is 5. The van der Waals surface area contributed by atoms with Gasteiger partial charge in [-0.1, -0.05) is 46.6 Å². The predicted octanol–water partition coefficient (Wildman–Crippen LogP) is 10.4. The fourth-order valence-electron chi connectivity index (χ4n) is 9.23. The number of amides is 1. The van der Waals surface area contributed by atoms with Gasteiger partial charge in [-0.2, -0.15) is 0 Å². The molecule has 0 aromatic heterocycles. The molecule has 0 saturated heterocycles. The summed E-state index contributed by atoms with van der Waals surface area (Å²) in [5.74, 6) is -0.385. The Balaban J connectivity index is 1.09. The molecule has 4 aliphatic heterocycles. The van der Waals surface area contributed by atoms with E-state index < -0.39 is 29.3 Å². The summed E-state index contributed by atoms with van der Waals surface area (Å²) in [5.41, 5.74) is 6.70. The van der Waals surface area contributed by atoms with Gasteiger partial charge in [0.15, 0.2) is 5.60 Å². The van der Waals surface area contributed by atoms with E-state index in [-0.39, 0.29) is 49.1 Å². The second-order valence-electron chi connectivity index (χ2n) is 18.9. The Labute approximate surface area is 367 Å². The maximum absolute atomic E-state index is 13.8. The summed E-state index contributed by atoms with van der Waals surface area (Å²) in [5, 5.41) is 54.9. The molecule has 2 aromatic carbocycles. The minimum atomic E-state index is -1.02. The smallest absolute Gasteiger partial charge is 0.320 e. The second-order valence-corrected chi connectivity index (χ2v) is 18.9. The number of aliphatic carboxylic acids is 1. The highest BCUT2D eigenvalue weighted by Gasteiger charge is 2.45. The van der Waals surface area contributed by atoms with Gasteiger partial charge in [-0.25, -0.2) is 0 Å². The summed E-state index contributed by atoms with van der Waals surface area (Å²) < 4.78 is 13.1. The number of ether oxygens (including phenoxy) is 2. The quantitative estimate of drug-likeness (QED) is 0.0914. The first kappa shape index (κ1) is 46.5. The highest BCUT2D eigenvalue weighted by molar-refractivity contribution is 6.00. The molecule has 2 aromatic rings. The molecule has 62 heavy (non-hydrogen) atoms. The van der Waals surface area contributed by atoms with Crippen LogP contribution in [0.25, 0.3) is 6.08 Å². The molecule has 4 aliphatic rings. The number of allylic oxidation sites excluding steroid dienone is 8. The molecule has 0 saturated carbocycles. The molecule has 1 amide bonds. The number of carbonyl (C=O) groups is 2. The third-order valence-corrected chi connectivity index (χ3v) is 13.2. The molecular weight excluding hydrogens is 785 g/mol. The van der Waals surface area contributed by atoms with Crippen molar-refractivity contribution in [2.75, 3.05) is 6.54 Å². The van der Waals surface area contributed by atoms with E-state index >= 15 is 0 Å². The van der Waals surface area contributed by atoms with Crippen molar-refractivity contribution in [1.82, 2.24) is 9.80 Å². The Hall–Kier alpha value is -5.00. The van der Waals surface area contributed by atoms with Crippen molar-refractivity contribution < 1.29 is 44.6 Å². The molecule has 0 bridgehead atoms. The molecular formula is C51H68N2O9. The van der Waals surface area contributed by atoms with Crippen molar-refractivity contribution >= 4 is 18.0 Å². The van der Waals surface area contributed by atoms with Crippen LogP contribution in [0.3, 0.4) is 0 Å². The molecule has 11 nitrogen and oxygen atoms in total. The van der Waals surface area contributed by atoms with Crippen molar-refractivity contribution in [1.29, 1.82) is 0 Å². The summed E-state index contributed by atoms with van der Waals surface area (Å²) in [7, 11) is 0. The lowest BCUT2D eigenvalue weighted by atomic mass is 9.84. The SMILES string of the molecule is CC(C)=CCC/C(C)=C/CC[C@@]1(C)Oc2c(c(O)cc3c2CN(CCC[C@@H](C(=O)O)N2Cc4cc(O)c5c(c4C2)O[C@@](C)(CC/C=C(\C)CCC=C(C)C)C(O)=C5)C3=O)C[C@@H]1O. The van der Waals surface area contributed by atoms with Gasteiger partial charge in [0, 0.05) is 42.7 Å². The lowest BCUT2D eigenvalue weighted by Gasteiger charge is -2.40. The van der Waals surface area contributed by atoms with Crippen molar-refractivity contribution in [3.63, 3.8) is 0 Å². The molecule has 0 radical (unpaired) electrons. The molecule has 0 aliphatic carbocycles. The monoisotopic (exact) mass is 852 g/mol. The molecule has 4 atom stereocenters. The van der Waals surface area contributed by atoms with Crippen molar-refractivity contribution in [2.45, 2.75) is 169 Å². The zero-order chi connectivity index (χ0) is 45.1. The van der Waals surface area contributed by atoms with Gasteiger partial charge in [0.25, 0.3) is 5.91 Å². The fraction of sp³-hybridized carbons (Fsp3) is 0.529. The van der Waals surface area contributed by atoms with Gasteiger partial charge in [0.05, 0.1) is 23.8 Å². The molecule has 5 N–H and O–H groups in total. The van der Waals surface area contributed by atoms with E-state index in [0.717, 1.165) is 36.8 Å². The second kappa shape index (κ2) is 19.2. The number of phenols is 2. The number of carboxylic acids is 1. The van der Waals surface area contributed by atoms with Gasteiger partial charge in [-0.15, -0.1) is 0 Å². The summed E-state index contributed by atoms with van der Waals surface area (Å²) >= 11 is 0. The summed E-state index contributed by atoms with van der Waals surface area (Å²) in [6.07, 6.45) is 16.8. The third kappa shape index (κ3) is 10.3. The van der Waals surface area contributed by atoms with Crippen LogP contribution in [-0.4, -0.2) is 77.1 Å². The van der Waals surface area contributed by atoms with Gasteiger partial charge in [-0.05, 0) is 143 Å². The standard InChI is InChI=1S/C51H68N2O9/c1-31(2)14-9-16-33(5)18-11-21-50(7)44(56)26-37-42(54)24-35-28-53(29-39(35)46(37)61-50)41(49(59)60)20-13-23-52-30-40-36(48(52)58)25-43(55)38-27-45(57)51(8,62-47(38)40)22-12-19-34(6)17-10-15-32(3)4/h14-15,18-19,24-26,41,45,54-57H,9-13,16-17,20-23,27-30H2,1-8H3,(H,59,60)/b33-18+,34-19+/t41-,45-,50-,51+/m0/s1. The largest absolute Gasteiger partial charge is 0.508 e. The average molecular weight is 853 g/mol. The normalized spacial score (nSPS) is 22.5. The summed E-state index contributed by atoms with van der Waals surface area (Å²) in [6.45, 7) is 17.5.